The van der Waals surface area contributed by atoms with Crippen molar-refractivity contribution in [1.82, 2.24) is 4.98 Å². The molecule has 0 radical (unpaired) electrons. The van der Waals surface area contributed by atoms with Crippen molar-refractivity contribution < 1.29 is 4.79 Å². The lowest BCUT2D eigenvalue weighted by Gasteiger charge is -2.07. The van der Waals surface area contributed by atoms with Gasteiger partial charge >= 0.3 is 0 Å². The van der Waals surface area contributed by atoms with Gasteiger partial charge in [-0.3, -0.25) is 9.78 Å². The fourth-order valence-electron chi connectivity index (χ4n) is 1.90. The van der Waals surface area contributed by atoms with Crippen LogP contribution < -0.4 is 0 Å². The maximum atomic E-state index is 12.3. The van der Waals surface area contributed by atoms with Crippen LogP contribution in [0.2, 0.25) is 5.02 Å². The molecule has 0 aliphatic carbocycles. The molecule has 1 aromatic carbocycles. The van der Waals surface area contributed by atoms with Gasteiger partial charge in [0.15, 0.2) is 5.78 Å². The monoisotopic (exact) mass is 337 g/mol. The second-order valence-electron chi connectivity index (χ2n) is 4.20. The molecule has 0 N–H and O–H groups in total. The molecule has 2 nitrogen and oxygen atoms in total. The van der Waals surface area contributed by atoms with E-state index in [1.165, 1.54) is 0 Å². The Kier molecular flexibility index (Phi) is 4.72. The number of halogens is 2. The van der Waals surface area contributed by atoms with Gasteiger partial charge in [-0.15, -0.1) is 0 Å². The predicted molar refractivity (Wildman–Crippen MR) is 80.8 cm³/mol. The first-order chi connectivity index (χ1) is 9.11. The zero-order valence-electron chi connectivity index (χ0n) is 10.5. The molecule has 19 heavy (non-hydrogen) atoms. The SMILES string of the molecule is CCc1cccnc1C(=O)Cc1ccc(Br)cc1Cl. The molecule has 0 atom stereocenters. The van der Waals surface area contributed by atoms with Crippen LogP contribution in [0, 0.1) is 0 Å². The Hall–Kier alpha value is -1.19. The number of carbonyl (C=O) groups is 1. The van der Waals surface area contributed by atoms with Crippen molar-refractivity contribution in [3.63, 3.8) is 0 Å². The first-order valence-corrected chi connectivity index (χ1v) is 7.20. The first-order valence-electron chi connectivity index (χ1n) is 6.03. The van der Waals surface area contributed by atoms with E-state index in [1.807, 2.05) is 31.2 Å². The van der Waals surface area contributed by atoms with Crippen LogP contribution in [-0.4, -0.2) is 10.8 Å². The molecule has 0 amide bonds. The van der Waals surface area contributed by atoms with Crippen molar-refractivity contribution in [1.29, 1.82) is 0 Å². The van der Waals surface area contributed by atoms with E-state index in [1.54, 1.807) is 12.3 Å². The summed E-state index contributed by atoms with van der Waals surface area (Å²) in [5, 5.41) is 0.594. The number of rotatable bonds is 4. The number of benzene rings is 1. The Labute approximate surface area is 126 Å². The molecule has 2 rings (SSSR count). The van der Waals surface area contributed by atoms with Crippen molar-refractivity contribution in [2.75, 3.05) is 0 Å². The highest BCUT2D eigenvalue weighted by molar-refractivity contribution is 9.10. The Morgan fingerprint density at radius 1 is 1.32 bits per heavy atom. The average Bonchev–Trinajstić information content (AvgIpc) is 2.41. The topological polar surface area (TPSA) is 30.0 Å². The fourth-order valence-corrected chi connectivity index (χ4v) is 2.64. The number of aryl methyl sites for hydroxylation is 1. The van der Waals surface area contributed by atoms with Crippen LogP contribution in [0.1, 0.15) is 28.5 Å². The number of pyridine rings is 1. The summed E-state index contributed by atoms with van der Waals surface area (Å²) >= 11 is 9.48. The molecule has 1 aromatic heterocycles. The van der Waals surface area contributed by atoms with E-state index in [0.717, 1.165) is 22.0 Å². The van der Waals surface area contributed by atoms with Crippen molar-refractivity contribution in [2.24, 2.45) is 0 Å². The normalized spacial score (nSPS) is 10.5. The quantitative estimate of drug-likeness (QED) is 0.769. The van der Waals surface area contributed by atoms with Gasteiger partial charge in [0.25, 0.3) is 0 Å². The number of hydrogen-bond donors (Lipinski definition) is 0. The average molecular weight is 339 g/mol. The van der Waals surface area contributed by atoms with Crippen LogP contribution in [-0.2, 0) is 12.8 Å². The minimum absolute atomic E-state index is 0.00155. The summed E-state index contributed by atoms with van der Waals surface area (Å²) in [6.07, 6.45) is 2.72. The van der Waals surface area contributed by atoms with Gasteiger partial charge in [-0.05, 0) is 35.7 Å². The molecule has 4 heteroatoms. The summed E-state index contributed by atoms with van der Waals surface area (Å²) < 4.78 is 0.904. The van der Waals surface area contributed by atoms with E-state index in [9.17, 15) is 4.79 Å². The molecule has 0 saturated carbocycles. The lowest BCUT2D eigenvalue weighted by Crippen LogP contribution is -2.09. The van der Waals surface area contributed by atoms with E-state index in [4.69, 9.17) is 11.6 Å². The highest BCUT2D eigenvalue weighted by Crippen LogP contribution is 2.23. The zero-order valence-corrected chi connectivity index (χ0v) is 12.8. The maximum absolute atomic E-state index is 12.3. The van der Waals surface area contributed by atoms with Crippen LogP contribution in [0.15, 0.2) is 41.0 Å². The second-order valence-corrected chi connectivity index (χ2v) is 5.52. The Morgan fingerprint density at radius 2 is 2.11 bits per heavy atom. The summed E-state index contributed by atoms with van der Waals surface area (Å²) in [4.78, 5) is 16.5. The van der Waals surface area contributed by atoms with Gasteiger partial charge in [-0.1, -0.05) is 46.6 Å². The second kappa shape index (κ2) is 6.31. The molecule has 0 unspecified atom stereocenters. The largest absolute Gasteiger partial charge is 0.292 e. The Bertz CT molecular complexity index is 613. The van der Waals surface area contributed by atoms with Gasteiger partial charge in [0.2, 0.25) is 0 Å². The standard InChI is InChI=1S/C15H13BrClNO/c1-2-10-4-3-7-18-15(10)14(19)8-11-5-6-12(16)9-13(11)17/h3-7,9H,2,8H2,1H3. The van der Waals surface area contributed by atoms with Crippen LogP contribution in [0.25, 0.3) is 0 Å². The molecule has 0 aliphatic heterocycles. The van der Waals surface area contributed by atoms with Crippen LogP contribution in [0.3, 0.4) is 0 Å². The Morgan fingerprint density at radius 3 is 2.79 bits per heavy atom. The third kappa shape index (κ3) is 3.43. The summed E-state index contributed by atoms with van der Waals surface area (Å²) in [6.45, 7) is 2.01. The van der Waals surface area contributed by atoms with Crippen molar-refractivity contribution in [2.45, 2.75) is 19.8 Å². The van der Waals surface area contributed by atoms with Crippen LogP contribution >= 0.6 is 27.5 Å². The van der Waals surface area contributed by atoms with Crippen LogP contribution in [0.5, 0.6) is 0 Å². The van der Waals surface area contributed by atoms with Crippen LogP contribution in [0.4, 0.5) is 0 Å². The van der Waals surface area contributed by atoms with Crippen molar-refractivity contribution in [3.8, 4) is 0 Å². The predicted octanol–water partition coefficient (Wildman–Crippen LogP) is 4.49. The van der Waals surface area contributed by atoms with Gasteiger partial charge in [-0.25, -0.2) is 0 Å². The molecule has 1 heterocycles. The molecule has 0 bridgehead atoms. The van der Waals surface area contributed by atoms with Crippen molar-refractivity contribution >= 4 is 33.3 Å². The van der Waals surface area contributed by atoms with Gasteiger partial charge < -0.3 is 0 Å². The number of hydrogen-bond acceptors (Lipinski definition) is 2. The summed E-state index contributed by atoms with van der Waals surface area (Å²) in [5.74, 6) is 0.00155. The number of aromatic nitrogens is 1. The molecule has 2 aromatic rings. The highest BCUT2D eigenvalue weighted by Gasteiger charge is 2.14. The fraction of sp³-hybridized carbons (Fsp3) is 0.200. The maximum Gasteiger partial charge on any atom is 0.185 e. The lowest BCUT2D eigenvalue weighted by molar-refractivity contribution is 0.0987. The first kappa shape index (κ1) is 14.2. The van der Waals surface area contributed by atoms with E-state index in [2.05, 4.69) is 20.9 Å². The molecule has 0 fully saturated rings. The van der Waals surface area contributed by atoms with E-state index >= 15 is 0 Å². The molecular weight excluding hydrogens is 326 g/mol. The third-order valence-electron chi connectivity index (χ3n) is 2.90. The molecule has 0 spiro atoms. The molecule has 0 aliphatic rings. The molecule has 0 saturated heterocycles. The van der Waals surface area contributed by atoms with Gasteiger partial charge in [-0.2, -0.15) is 0 Å². The van der Waals surface area contributed by atoms with E-state index in [-0.39, 0.29) is 12.2 Å². The number of carbonyl (C=O) groups excluding carboxylic acids is 1. The minimum Gasteiger partial charge on any atom is -0.292 e. The van der Waals surface area contributed by atoms with Gasteiger partial charge in [0.05, 0.1) is 0 Å². The van der Waals surface area contributed by atoms with Crippen molar-refractivity contribution in [3.05, 3.63) is 62.8 Å². The highest BCUT2D eigenvalue weighted by atomic mass is 79.9. The lowest BCUT2D eigenvalue weighted by atomic mass is 10.0. The number of nitrogens with zero attached hydrogens (tertiary/aromatic N) is 1. The minimum atomic E-state index is 0.00155. The summed E-state index contributed by atoms with van der Waals surface area (Å²) in [6, 6.07) is 9.32. The van der Waals surface area contributed by atoms with E-state index in [0.29, 0.717) is 10.7 Å². The number of Topliss-reactive ketones (excluding diaryl/α,β-unsaturated/α-hetero) is 1. The molecule has 98 valence electrons. The molecular formula is C15H13BrClNO. The van der Waals surface area contributed by atoms with E-state index < -0.39 is 0 Å². The number of ketones is 1. The van der Waals surface area contributed by atoms with Gasteiger partial charge in [0, 0.05) is 22.1 Å². The zero-order chi connectivity index (χ0) is 13.8. The van der Waals surface area contributed by atoms with Gasteiger partial charge in [0.1, 0.15) is 5.69 Å². The smallest absolute Gasteiger partial charge is 0.185 e. The third-order valence-corrected chi connectivity index (χ3v) is 3.75. The summed E-state index contributed by atoms with van der Waals surface area (Å²) in [5.41, 5.74) is 2.34. The summed E-state index contributed by atoms with van der Waals surface area (Å²) in [7, 11) is 0. The Balaban J connectivity index is 2.26.